The van der Waals surface area contributed by atoms with Crippen LogP contribution in [0.5, 0.6) is 0 Å². The van der Waals surface area contributed by atoms with Gasteiger partial charge in [-0.15, -0.1) is 30.6 Å². The zero-order valence-electron chi connectivity index (χ0n) is 15.5. The maximum Gasteiger partial charge on any atom is 0.193 e. The fraction of sp³-hybridized carbons (Fsp3) is 0.579. The number of guanidine groups is 1. The minimum absolute atomic E-state index is 0. The topological polar surface area (TPSA) is 40.5 Å². The number of halogens is 1. The Labute approximate surface area is 164 Å². The fourth-order valence-corrected chi connectivity index (χ4v) is 2.53. The van der Waals surface area contributed by atoms with Crippen molar-refractivity contribution < 1.29 is 0 Å². The Hall–Kier alpha value is -1.11. The number of unbranched alkanes of at least 4 members (excludes halogenated alkanes) is 1. The van der Waals surface area contributed by atoms with Gasteiger partial charge in [0, 0.05) is 45.0 Å². The lowest BCUT2D eigenvalue weighted by Crippen LogP contribution is -2.39. The lowest BCUT2D eigenvalue weighted by Gasteiger charge is -2.24. The predicted molar refractivity (Wildman–Crippen MR) is 115 cm³/mol. The number of allylic oxidation sites excluding steroid dienone is 1. The van der Waals surface area contributed by atoms with Crippen LogP contribution in [0.2, 0.25) is 0 Å². The summed E-state index contributed by atoms with van der Waals surface area (Å²) >= 11 is 0. The van der Waals surface area contributed by atoms with Crippen molar-refractivity contribution in [2.24, 2.45) is 10.9 Å². The van der Waals surface area contributed by atoms with Gasteiger partial charge in [-0.25, -0.2) is 0 Å². The molecule has 1 N–H and O–H groups in total. The molecule has 0 aliphatic carbocycles. The molecule has 0 saturated heterocycles. The monoisotopic (exact) mass is 444 g/mol. The number of aliphatic imine (C=N–C) groups is 1. The molecule has 1 heterocycles. The van der Waals surface area contributed by atoms with E-state index in [-0.39, 0.29) is 24.0 Å². The maximum atomic E-state index is 4.87. The van der Waals surface area contributed by atoms with E-state index in [1.807, 2.05) is 24.5 Å². The molecule has 4 nitrogen and oxygen atoms in total. The van der Waals surface area contributed by atoms with E-state index < -0.39 is 0 Å². The molecule has 1 rings (SSSR count). The standard InChI is InChI=1S/C19H32N4.HI/c1-6-8-9-13-23(5)19(21-7-2)22-15-18(16(3)4)17-11-10-12-20-14-17;/h6,10-12,14,16,18H,1,7-9,13,15H2,2-5H3,(H,21,22);1H. The van der Waals surface area contributed by atoms with Crippen LogP contribution >= 0.6 is 24.0 Å². The van der Waals surface area contributed by atoms with Crippen molar-refractivity contribution in [2.45, 2.75) is 39.5 Å². The molecule has 0 amide bonds. The van der Waals surface area contributed by atoms with Crippen molar-refractivity contribution >= 4 is 29.9 Å². The van der Waals surface area contributed by atoms with Gasteiger partial charge in [0.2, 0.25) is 0 Å². The largest absolute Gasteiger partial charge is 0.357 e. The van der Waals surface area contributed by atoms with Crippen LogP contribution in [-0.4, -0.2) is 42.5 Å². The van der Waals surface area contributed by atoms with E-state index in [0.717, 1.165) is 38.4 Å². The molecule has 0 aliphatic heterocycles. The van der Waals surface area contributed by atoms with Gasteiger partial charge >= 0.3 is 0 Å². The van der Waals surface area contributed by atoms with E-state index in [4.69, 9.17) is 4.99 Å². The van der Waals surface area contributed by atoms with Gasteiger partial charge in [0.25, 0.3) is 0 Å². The van der Waals surface area contributed by atoms with Crippen LogP contribution in [0.25, 0.3) is 0 Å². The number of hydrogen-bond acceptors (Lipinski definition) is 2. The Balaban J connectivity index is 0.00000529. The summed E-state index contributed by atoms with van der Waals surface area (Å²) in [7, 11) is 2.10. The molecule has 0 radical (unpaired) electrons. The van der Waals surface area contributed by atoms with Gasteiger partial charge in [0.05, 0.1) is 0 Å². The molecule has 1 aromatic heterocycles. The highest BCUT2D eigenvalue weighted by Crippen LogP contribution is 2.24. The molecule has 24 heavy (non-hydrogen) atoms. The second-order valence-corrected chi connectivity index (χ2v) is 6.18. The fourth-order valence-electron chi connectivity index (χ4n) is 2.53. The molecule has 1 atom stereocenters. The summed E-state index contributed by atoms with van der Waals surface area (Å²) in [6.07, 6.45) is 7.88. The summed E-state index contributed by atoms with van der Waals surface area (Å²) in [5.74, 6) is 1.89. The van der Waals surface area contributed by atoms with Gasteiger partial charge in [-0.2, -0.15) is 0 Å². The average Bonchev–Trinajstić information content (AvgIpc) is 2.55. The molecule has 1 unspecified atom stereocenters. The number of hydrogen-bond donors (Lipinski definition) is 1. The summed E-state index contributed by atoms with van der Waals surface area (Å²) in [5, 5.41) is 3.39. The maximum absolute atomic E-state index is 4.87. The number of nitrogens with zero attached hydrogens (tertiary/aromatic N) is 3. The van der Waals surface area contributed by atoms with Crippen LogP contribution in [-0.2, 0) is 0 Å². The van der Waals surface area contributed by atoms with Gasteiger partial charge in [0.1, 0.15) is 0 Å². The normalized spacial score (nSPS) is 12.5. The number of pyridine rings is 1. The van der Waals surface area contributed by atoms with Gasteiger partial charge in [-0.05, 0) is 37.3 Å². The third kappa shape index (κ3) is 8.13. The summed E-state index contributed by atoms with van der Waals surface area (Å²) < 4.78 is 0. The van der Waals surface area contributed by atoms with Crippen LogP contribution in [0.4, 0.5) is 0 Å². The van der Waals surface area contributed by atoms with Crippen molar-refractivity contribution in [1.82, 2.24) is 15.2 Å². The van der Waals surface area contributed by atoms with Gasteiger partial charge in [-0.3, -0.25) is 9.98 Å². The average molecular weight is 444 g/mol. The third-order valence-corrected chi connectivity index (χ3v) is 3.95. The lowest BCUT2D eigenvalue weighted by molar-refractivity contribution is 0.460. The first-order chi connectivity index (χ1) is 11.1. The van der Waals surface area contributed by atoms with Crippen LogP contribution in [0.1, 0.15) is 45.1 Å². The lowest BCUT2D eigenvalue weighted by atomic mass is 9.89. The zero-order valence-corrected chi connectivity index (χ0v) is 17.9. The SMILES string of the molecule is C=CCCCN(C)C(=NCC(c1cccnc1)C(C)C)NCC.I. The van der Waals surface area contributed by atoms with Crippen LogP contribution in [0.15, 0.2) is 42.2 Å². The first-order valence-corrected chi connectivity index (χ1v) is 8.60. The zero-order chi connectivity index (χ0) is 17.1. The molecule has 0 bridgehead atoms. The Morgan fingerprint density at radius 3 is 2.75 bits per heavy atom. The van der Waals surface area contributed by atoms with Crippen molar-refractivity contribution in [3.8, 4) is 0 Å². The van der Waals surface area contributed by atoms with Crippen molar-refractivity contribution in [3.05, 3.63) is 42.7 Å². The third-order valence-electron chi connectivity index (χ3n) is 3.95. The summed E-state index contributed by atoms with van der Waals surface area (Å²) in [5.41, 5.74) is 1.26. The van der Waals surface area contributed by atoms with Crippen molar-refractivity contribution in [2.75, 3.05) is 26.7 Å². The molecule has 0 saturated carbocycles. The first-order valence-electron chi connectivity index (χ1n) is 8.60. The van der Waals surface area contributed by atoms with Crippen molar-refractivity contribution in [3.63, 3.8) is 0 Å². The molecule has 0 fully saturated rings. The quantitative estimate of drug-likeness (QED) is 0.203. The molecule has 136 valence electrons. The van der Waals surface area contributed by atoms with Crippen LogP contribution in [0.3, 0.4) is 0 Å². The molecule has 1 aromatic rings. The highest BCUT2D eigenvalue weighted by atomic mass is 127. The Morgan fingerprint density at radius 2 is 2.21 bits per heavy atom. The molecular formula is C19H33IN4. The Morgan fingerprint density at radius 1 is 1.46 bits per heavy atom. The minimum atomic E-state index is 0. The van der Waals surface area contributed by atoms with Gasteiger partial charge in [-0.1, -0.05) is 26.0 Å². The highest BCUT2D eigenvalue weighted by molar-refractivity contribution is 14.0. The molecule has 5 heteroatoms. The van der Waals surface area contributed by atoms with Gasteiger partial charge in [0.15, 0.2) is 5.96 Å². The van der Waals surface area contributed by atoms with Crippen LogP contribution < -0.4 is 5.32 Å². The Bertz CT molecular complexity index is 474. The van der Waals surface area contributed by atoms with E-state index in [1.54, 1.807) is 0 Å². The smallest absolute Gasteiger partial charge is 0.193 e. The molecule has 0 spiro atoms. The van der Waals surface area contributed by atoms with Gasteiger partial charge < -0.3 is 10.2 Å². The second kappa shape index (κ2) is 13.2. The van der Waals surface area contributed by atoms with E-state index in [2.05, 4.69) is 55.7 Å². The number of nitrogens with one attached hydrogen (secondary N) is 1. The highest BCUT2D eigenvalue weighted by Gasteiger charge is 2.16. The first kappa shape index (κ1) is 22.9. The Kier molecular flexibility index (Phi) is 12.6. The van der Waals surface area contributed by atoms with E-state index in [0.29, 0.717) is 11.8 Å². The number of aromatic nitrogens is 1. The van der Waals surface area contributed by atoms with Crippen molar-refractivity contribution in [1.29, 1.82) is 0 Å². The van der Waals surface area contributed by atoms with Crippen LogP contribution in [0, 0.1) is 5.92 Å². The van der Waals surface area contributed by atoms with E-state index in [9.17, 15) is 0 Å². The number of rotatable bonds is 9. The predicted octanol–water partition coefficient (Wildman–Crippen LogP) is 4.30. The molecule has 0 aromatic carbocycles. The van der Waals surface area contributed by atoms with E-state index in [1.165, 1.54) is 5.56 Å². The second-order valence-electron chi connectivity index (χ2n) is 6.18. The molecular weight excluding hydrogens is 411 g/mol. The summed E-state index contributed by atoms with van der Waals surface area (Å²) in [6, 6.07) is 4.15. The summed E-state index contributed by atoms with van der Waals surface area (Å²) in [4.78, 5) is 11.3. The minimum Gasteiger partial charge on any atom is -0.357 e. The molecule has 0 aliphatic rings. The summed E-state index contributed by atoms with van der Waals surface area (Å²) in [6.45, 7) is 13.0. The van der Waals surface area contributed by atoms with E-state index >= 15 is 0 Å².